The Balaban J connectivity index is 1.65. The van der Waals surface area contributed by atoms with Gasteiger partial charge in [0.15, 0.2) is 11.5 Å². The van der Waals surface area contributed by atoms with Gasteiger partial charge in [-0.15, -0.1) is 0 Å². The van der Waals surface area contributed by atoms with Crippen LogP contribution in [0.25, 0.3) is 0 Å². The molecule has 0 heterocycles. The van der Waals surface area contributed by atoms with E-state index in [0.717, 1.165) is 11.1 Å². The van der Waals surface area contributed by atoms with Gasteiger partial charge >= 0.3 is 0 Å². The number of hydrogen-bond donors (Lipinski definition) is 3. The molecule has 0 atom stereocenters. The monoisotopic (exact) mass is 419 g/mol. The molecule has 0 radical (unpaired) electrons. The molecule has 0 unspecified atom stereocenters. The van der Waals surface area contributed by atoms with Gasteiger partial charge in [0.1, 0.15) is 0 Å². The van der Waals surface area contributed by atoms with E-state index in [4.69, 9.17) is 15.2 Å². The molecule has 0 aliphatic rings. The van der Waals surface area contributed by atoms with Gasteiger partial charge < -0.3 is 25.8 Å². The predicted octanol–water partition coefficient (Wildman–Crippen LogP) is 3.34. The van der Waals surface area contributed by atoms with Gasteiger partial charge in [-0.25, -0.2) is 0 Å². The van der Waals surface area contributed by atoms with Crippen molar-refractivity contribution in [1.82, 2.24) is 5.32 Å². The van der Waals surface area contributed by atoms with E-state index in [2.05, 4.69) is 10.6 Å². The summed E-state index contributed by atoms with van der Waals surface area (Å²) < 4.78 is 10.4. The van der Waals surface area contributed by atoms with Crippen LogP contribution in [-0.2, 0) is 13.1 Å². The first-order valence-electron chi connectivity index (χ1n) is 9.73. The van der Waals surface area contributed by atoms with Crippen molar-refractivity contribution in [3.05, 3.63) is 89.0 Å². The first-order chi connectivity index (χ1) is 15.0. The van der Waals surface area contributed by atoms with Gasteiger partial charge in [-0.2, -0.15) is 0 Å². The molecule has 0 aliphatic carbocycles. The molecule has 0 spiro atoms. The number of carbonyl (C=O) groups is 2. The van der Waals surface area contributed by atoms with Gasteiger partial charge in [0.2, 0.25) is 0 Å². The Bertz CT molecular complexity index is 1080. The highest BCUT2D eigenvalue weighted by Gasteiger charge is 2.12. The maximum Gasteiger partial charge on any atom is 0.255 e. The second-order valence-corrected chi connectivity index (χ2v) is 6.81. The van der Waals surface area contributed by atoms with Crippen LogP contribution in [0.2, 0.25) is 0 Å². The fraction of sp³-hybridized carbons (Fsp3) is 0.167. The van der Waals surface area contributed by atoms with Crippen LogP contribution in [-0.4, -0.2) is 26.0 Å². The number of hydrogen-bond acceptors (Lipinski definition) is 5. The molecule has 7 heteroatoms. The summed E-state index contributed by atoms with van der Waals surface area (Å²) in [6.07, 6.45) is 0. The van der Waals surface area contributed by atoms with E-state index in [9.17, 15) is 9.59 Å². The molecule has 31 heavy (non-hydrogen) atoms. The molecule has 4 N–H and O–H groups in total. The van der Waals surface area contributed by atoms with Gasteiger partial charge in [-0.3, -0.25) is 9.59 Å². The molecule has 0 saturated heterocycles. The number of ether oxygens (including phenoxy) is 2. The third kappa shape index (κ3) is 5.61. The van der Waals surface area contributed by atoms with E-state index in [1.807, 2.05) is 30.3 Å². The Morgan fingerprint density at radius 2 is 1.52 bits per heavy atom. The first kappa shape index (κ1) is 21.9. The molecular formula is C24H25N3O4. The zero-order chi connectivity index (χ0) is 22.2. The summed E-state index contributed by atoms with van der Waals surface area (Å²) >= 11 is 0. The van der Waals surface area contributed by atoms with Crippen molar-refractivity contribution in [3.8, 4) is 11.5 Å². The number of nitrogens with two attached hydrogens (primary N) is 1. The molecule has 3 rings (SSSR count). The quantitative estimate of drug-likeness (QED) is 0.520. The third-order valence-electron chi connectivity index (χ3n) is 4.71. The van der Waals surface area contributed by atoms with Gasteiger partial charge in [-0.05, 0) is 53.6 Å². The minimum Gasteiger partial charge on any atom is -0.493 e. The topological polar surface area (TPSA) is 103 Å². The summed E-state index contributed by atoms with van der Waals surface area (Å²) in [6, 6.07) is 19.5. The first-order valence-corrected chi connectivity index (χ1v) is 9.73. The van der Waals surface area contributed by atoms with Crippen LogP contribution < -0.4 is 25.8 Å². The molecule has 0 aliphatic heterocycles. The van der Waals surface area contributed by atoms with Crippen molar-refractivity contribution in [2.24, 2.45) is 5.73 Å². The molecule has 3 aromatic carbocycles. The number of methoxy groups -OCH3 is 2. The molecule has 3 aromatic rings. The number of anilines is 1. The number of amides is 2. The van der Waals surface area contributed by atoms with Crippen LogP contribution in [0.4, 0.5) is 5.69 Å². The largest absolute Gasteiger partial charge is 0.493 e. The Labute approximate surface area is 181 Å². The fourth-order valence-corrected chi connectivity index (χ4v) is 3.06. The zero-order valence-corrected chi connectivity index (χ0v) is 17.5. The summed E-state index contributed by atoms with van der Waals surface area (Å²) in [5.74, 6) is 0.541. The Morgan fingerprint density at radius 3 is 2.26 bits per heavy atom. The summed E-state index contributed by atoms with van der Waals surface area (Å²) in [4.78, 5) is 25.1. The lowest BCUT2D eigenvalue weighted by atomic mass is 10.1. The smallest absolute Gasteiger partial charge is 0.255 e. The van der Waals surface area contributed by atoms with Gasteiger partial charge in [0, 0.05) is 29.9 Å². The number of carbonyl (C=O) groups excluding carboxylic acids is 2. The molecule has 0 bridgehead atoms. The third-order valence-corrected chi connectivity index (χ3v) is 4.71. The molecule has 160 valence electrons. The van der Waals surface area contributed by atoms with Crippen molar-refractivity contribution < 1.29 is 19.1 Å². The summed E-state index contributed by atoms with van der Waals surface area (Å²) in [7, 11) is 3.05. The van der Waals surface area contributed by atoms with Crippen molar-refractivity contribution in [3.63, 3.8) is 0 Å². The summed E-state index contributed by atoms with van der Waals surface area (Å²) in [5, 5.41) is 5.72. The van der Waals surface area contributed by atoms with E-state index in [1.54, 1.807) is 36.4 Å². The highest BCUT2D eigenvalue weighted by atomic mass is 16.5. The van der Waals surface area contributed by atoms with Crippen molar-refractivity contribution in [1.29, 1.82) is 0 Å². The summed E-state index contributed by atoms with van der Waals surface area (Å²) in [5.41, 5.74) is 9.02. The highest BCUT2D eigenvalue weighted by molar-refractivity contribution is 6.04. The highest BCUT2D eigenvalue weighted by Crippen LogP contribution is 2.27. The average molecular weight is 419 g/mol. The minimum absolute atomic E-state index is 0.234. The molecule has 0 saturated carbocycles. The van der Waals surface area contributed by atoms with Crippen molar-refractivity contribution in [2.45, 2.75) is 13.1 Å². The Kier molecular flexibility index (Phi) is 7.24. The maximum absolute atomic E-state index is 12.6. The average Bonchev–Trinajstić information content (AvgIpc) is 2.82. The minimum atomic E-state index is -0.255. The van der Waals surface area contributed by atoms with Crippen LogP contribution in [0.1, 0.15) is 31.8 Å². The second-order valence-electron chi connectivity index (χ2n) is 6.81. The van der Waals surface area contributed by atoms with Crippen LogP contribution in [0, 0.1) is 0 Å². The summed E-state index contributed by atoms with van der Waals surface area (Å²) in [6.45, 7) is 0.677. The van der Waals surface area contributed by atoms with Crippen LogP contribution >= 0.6 is 0 Å². The molecule has 2 amide bonds. The van der Waals surface area contributed by atoms with E-state index in [0.29, 0.717) is 34.9 Å². The number of nitrogens with one attached hydrogen (secondary N) is 2. The van der Waals surface area contributed by atoms with E-state index in [-0.39, 0.29) is 18.4 Å². The lowest BCUT2D eigenvalue weighted by Crippen LogP contribution is -2.23. The van der Waals surface area contributed by atoms with Crippen LogP contribution in [0.5, 0.6) is 11.5 Å². The second kappa shape index (κ2) is 10.3. The van der Waals surface area contributed by atoms with Crippen LogP contribution in [0.3, 0.4) is 0 Å². The van der Waals surface area contributed by atoms with E-state index in [1.165, 1.54) is 14.2 Å². The fourth-order valence-electron chi connectivity index (χ4n) is 3.06. The lowest BCUT2D eigenvalue weighted by molar-refractivity contribution is 0.0950. The van der Waals surface area contributed by atoms with Crippen molar-refractivity contribution in [2.75, 3.05) is 19.5 Å². The maximum atomic E-state index is 12.6. The molecule has 7 nitrogen and oxygen atoms in total. The van der Waals surface area contributed by atoms with Crippen LogP contribution in [0.15, 0.2) is 66.7 Å². The van der Waals surface area contributed by atoms with Crippen molar-refractivity contribution >= 4 is 17.5 Å². The zero-order valence-electron chi connectivity index (χ0n) is 17.5. The lowest BCUT2D eigenvalue weighted by Gasteiger charge is -2.11. The molecule has 0 aromatic heterocycles. The number of benzene rings is 3. The SMILES string of the molecule is COc1ccc(C(=O)NCc2cccc(C(=O)Nc3cccc(CN)c3)c2)cc1OC. The standard InChI is InChI=1S/C24H25N3O4/c1-30-21-10-9-19(13-22(21)31-2)23(28)26-15-17-6-3-7-18(11-17)24(29)27-20-8-4-5-16(12-20)14-25/h3-13H,14-15,25H2,1-2H3,(H,26,28)(H,27,29). The Morgan fingerprint density at radius 1 is 0.806 bits per heavy atom. The van der Waals surface area contributed by atoms with Gasteiger partial charge in [0.25, 0.3) is 11.8 Å². The Hall–Kier alpha value is -3.84. The van der Waals surface area contributed by atoms with E-state index < -0.39 is 0 Å². The predicted molar refractivity (Wildman–Crippen MR) is 119 cm³/mol. The van der Waals surface area contributed by atoms with E-state index >= 15 is 0 Å². The normalized spacial score (nSPS) is 10.3. The van der Waals surface area contributed by atoms with Gasteiger partial charge in [0.05, 0.1) is 14.2 Å². The van der Waals surface area contributed by atoms with Gasteiger partial charge in [-0.1, -0.05) is 24.3 Å². The molecular weight excluding hydrogens is 394 g/mol. The molecule has 0 fully saturated rings. The number of rotatable bonds is 8.